The third-order valence-corrected chi connectivity index (χ3v) is 4.00. The first-order chi connectivity index (χ1) is 7.24. The highest BCUT2D eigenvalue weighted by Crippen LogP contribution is 2.11. The molecule has 0 heterocycles. The second kappa shape index (κ2) is 11.9. The Labute approximate surface area is 114 Å². The van der Waals surface area contributed by atoms with Crippen molar-refractivity contribution in [3.63, 3.8) is 0 Å². The number of unbranched alkanes of at least 4 members (excludes halogenated alkanes) is 5. The molecule has 100 valence electrons. The quantitative estimate of drug-likeness (QED) is 0.420. The van der Waals surface area contributed by atoms with E-state index in [0.717, 1.165) is 0 Å². The molecule has 0 fully saturated rings. The molecule has 1 nitrogen and oxygen atoms in total. The first-order valence-corrected chi connectivity index (χ1v) is 7.09. The number of halogens is 1. The van der Waals surface area contributed by atoms with Crippen molar-refractivity contribution in [2.75, 3.05) is 26.2 Å². The van der Waals surface area contributed by atoms with Crippen LogP contribution in [0.3, 0.4) is 0 Å². The Bertz CT molecular complexity index is 124. The van der Waals surface area contributed by atoms with E-state index in [9.17, 15) is 0 Å². The van der Waals surface area contributed by atoms with E-state index in [1.165, 1.54) is 69.2 Å². The summed E-state index contributed by atoms with van der Waals surface area (Å²) in [5.74, 6) is 0. The molecule has 0 bridgehead atoms. The molecule has 0 aliphatic heterocycles. The van der Waals surface area contributed by atoms with Gasteiger partial charge in [0.1, 0.15) is 0 Å². The van der Waals surface area contributed by atoms with Gasteiger partial charge in [-0.1, -0.05) is 32.6 Å². The Morgan fingerprint density at radius 1 is 0.625 bits per heavy atom. The minimum Gasteiger partial charge on any atom is -1.00 e. The molecule has 0 spiro atoms. The van der Waals surface area contributed by atoms with Crippen molar-refractivity contribution in [3.8, 4) is 0 Å². The predicted octanol–water partition coefficient (Wildman–Crippen LogP) is 1.23. The number of nitrogens with zero attached hydrogens (tertiary/aromatic N) is 1. The number of rotatable bonds is 10. The summed E-state index contributed by atoms with van der Waals surface area (Å²) in [5.41, 5.74) is 0. The summed E-state index contributed by atoms with van der Waals surface area (Å²) in [6, 6.07) is 0. The maximum atomic E-state index is 2.34. The lowest BCUT2D eigenvalue weighted by atomic mass is 10.1. The number of hydrogen-bond donors (Lipinski definition) is 0. The molecule has 0 aromatic heterocycles. The third kappa shape index (κ3) is 7.67. The molecule has 0 N–H and O–H groups in total. The fourth-order valence-electron chi connectivity index (χ4n) is 2.37. The van der Waals surface area contributed by atoms with Crippen molar-refractivity contribution in [3.05, 3.63) is 0 Å². The van der Waals surface area contributed by atoms with E-state index in [0.29, 0.717) is 0 Å². The molecule has 0 aromatic rings. The Balaban J connectivity index is 0. The van der Waals surface area contributed by atoms with Crippen LogP contribution in [0.25, 0.3) is 0 Å². The SMILES string of the molecule is CCCCCCCC[N+](CC)(CC)CC.[Br-]. The van der Waals surface area contributed by atoms with Crippen molar-refractivity contribution < 1.29 is 21.5 Å². The zero-order valence-electron chi connectivity index (χ0n) is 11.9. The van der Waals surface area contributed by atoms with Crippen LogP contribution >= 0.6 is 0 Å². The zero-order chi connectivity index (χ0) is 11.6. The fraction of sp³-hybridized carbons (Fsp3) is 1.00. The van der Waals surface area contributed by atoms with Crippen molar-refractivity contribution >= 4 is 0 Å². The highest BCUT2D eigenvalue weighted by atomic mass is 79.9. The van der Waals surface area contributed by atoms with Crippen LogP contribution in [-0.4, -0.2) is 30.7 Å². The summed E-state index contributed by atoms with van der Waals surface area (Å²) in [5, 5.41) is 0. The van der Waals surface area contributed by atoms with E-state index >= 15 is 0 Å². The molecule has 0 amide bonds. The van der Waals surface area contributed by atoms with Crippen molar-refractivity contribution in [2.24, 2.45) is 0 Å². The van der Waals surface area contributed by atoms with E-state index in [-0.39, 0.29) is 17.0 Å². The van der Waals surface area contributed by atoms with Gasteiger partial charge < -0.3 is 21.5 Å². The van der Waals surface area contributed by atoms with E-state index in [4.69, 9.17) is 0 Å². The minimum atomic E-state index is 0. The Morgan fingerprint density at radius 2 is 1.06 bits per heavy atom. The number of quaternary nitrogens is 1. The standard InChI is InChI=1S/C14H32N.BrH/c1-5-9-10-11-12-13-14-15(6-2,7-3)8-4;/h5-14H2,1-4H3;1H/q+1;/p-1. The van der Waals surface area contributed by atoms with Crippen LogP contribution in [0.15, 0.2) is 0 Å². The van der Waals surface area contributed by atoms with E-state index < -0.39 is 0 Å². The molecule has 0 saturated carbocycles. The molecule has 0 atom stereocenters. The maximum Gasteiger partial charge on any atom is 0.0786 e. The maximum absolute atomic E-state index is 2.34. The van der Waals surface area contributed by atoms with E-state index in [1.54, 1.807) is 0 Å². The second-order valence-electron chi connectivity index (χ2n) is 4.78. The monoisotopic (exact) mass is 293 g/mol. The van der Waals surface area contributed by atoms with Crippen molar-refractivity contribution in [1.82, 2.24) is 0 Å². The smallest absolute Gasteiger partial charge is 0.0786 e. The van der Waals surface area contributed by atoms with Crippen LogP contribution in [0.5, 0.6) is 0 Å². The Kier molecular flexibility index (Phi) is 14.0. The summed E-state index contributed by atoms with van der Waals surface area (Å²) in [4.78, 5) is 0. The molecule has 0 aliphatic carbocycles. The van der Waals surface area contributed by atoms with Crippen LogP contribution < -0.4 is 17.0 Å². The molecule has 0 aromatic carbocycles. The van der Waals surface area contributed by atoms with Crippen LogP contribution in [-0.2, 0) is 0 Å². The van der Waals surface area contributed by atoms with Crippen LogP contribution in [0.2, 0.25) is 0 Å². The molecule has 0 saturated heterocycles. The van der Waals surface area contributed by atoms with E-state index in [1.807, 2.05) is 0 Å². The molecule has 2 heteroatoms. The summed E-state index contributed by atoms with van der Waals surface area (Å²) in [7, 11) is 0. The van der Waals surface area contributed by atoms with Gasteiger partial charge in [-0.05, 0) is 33.6 Å². The van der Waals surface area contributed by atoms with Gasteiger partial charge in [-0.3, -0.25) is 0 Å². The molecular formula is C14H32BrN. The normalized spacial score (nSPS) is 11.2. The lowest BCUT2D eigenvalue weighted by molar-refractivity contribution is -0.923. The fourth-order valence-corrected chi connectivity index (χ4v) is 2.37. The van der Waals surface area contributed by atoms with Gasteiger partial charge >= 0.3 is 0 Å². The van der Waals surface area contributed by atoms with Crippen molar-refractivity contribution in [2.45, 2.75) is 66.2 Å². The van der Waals surface area contributed by atoms with Gasteiger partial charge in [-0.15, -0.1) is 0 Å². The summed E-state index contributed by atoms with van der Waals surface area (Å²) in [6.45, 7) is 14.6. The van der Waals surface area contributed by atoms with Gasteiger partial charge in [0.15, 0.2) is 0 Å². The number of hydrogen-bond acceptors (Lipinski definition) is 0. The lowest BCUT2D eigenvalue weighted by Crippen LogP contribution is -3.00. The molecule has 0 aliphatic rings. The Morgan fingerprint density at radius 3 is 1.50 bits per heavy atom. The van der Waals surface area contributed by atoms with E-state index in [2.05, 4.69) is 27.7 Å². The van der Waals surface area contributed by atoms with Gasteiger partial charge in [-0.2, -0.15) is 0 Å². The largest absolute Gasteiger partial charge is 1.00 e. The van der Waals surface area contributed by atoms with Gasteiger partial charge in [0.2, 0.25) is 0 Å². The third-order valence-electron chi connectivity index (χ3n) is 4.00. The summed E-state index contributed by atoms with van der Waals surface area (Å²) >= 11 is 0. The highest BCUT2D eigenvalue weighted by Gasteiger charge is 2.19. The van der Waals surface area contributed by atoms with Crippen LogP contribution in [0, 0.1) is 0 Å². The molecule has 0 unspecified atom stereocenters. The first-order valence-electron chi connectivity index (χ1n) is 7.09. The average Bonchev–Trinajstić information content (AvgIpc) is 2.29. The summed E-state index contributed by atoms with van der Waals surface area (Å²) < 4.78 is 1.33. The van der Waals surface area contributed by atoms with Gasteiger partial charge in [-0.25, -0.2) is 0 Å². The lowest BCUT2D eigenvalue weighted by Gasteiger charge is -2.35. The second-order valence-corrected chi connectivity index (χ2v) is 4.78. The molecule has 0 rings (SSSR count). The van der Waals surface area contributed by atoms with Crippen molar-refractivity contribution in [1.29, 1.82) is 0 Å². The van der Waals surface area contributed by atoms with Gasteiger partial charge in [0.05, 0.1) is 26.2 Å². The van der Waals surface area contributed by atoms with Gasteiger partial charge in [0.25, 0.3) is 0 Å². The molecule has 0 radical (unpaired) electrons. The van der Waals surface area contributed by atoms with Gasteiger partial charge in [0, 0.05) is 0 Å². The summed E-state index contributed by atoms with van der Waals surface area (Å²) in [6.07, 6.45) is 8.55. The highest BCUT2D eigenvalue weighted by molar-refractivity contribution is 4.45. The average molecular weight is 294 g/mol. The predicted molar refractivity (Wildman–Crippen MR) is 70.1 cm³/mol. The first kappa shape index (κ1) is 18.8. The van der Waals surface area contributed by atoms with Crippen LogP contribution in [0.1, 0.15) is 66.2 Å². The topological polar surface area (TPSA) is 0 Å². The van der Waals surface area contributed by atoms with Crippen LogP contribution in [0.4, 0.5) is 0 Å². The molecular weight excluding hydrogens is 262 g/mol. The minimum absolute atomic E-state index is 0. The Hall–Kier alpha value is 0.440. The molecule has 16 heavy (non-hydrogen) atoms. The zero-order valence-corrected chi connectivity index (χ0v) is 13.5.